The van der Waals surface area contributed by atoms with Gasteiger partial charge in [0.1, 0.15) is 0 Å². The largest absolute Gasteiger partial charge is 0.295 e. The molecule has 4 heteroatoms. The van der Waals surface area contributed by atoms with Crippen molar-refractivity contribution in [1.29, 1.82) is 0 Å². The van der Waals surface area contributed by atoms with Gasteiger partial charge in [-0.1, -0.05) is 0 Å². The number of rotatable bonds is 0. The van der Waals surface area contributed by atoms with Gasteiger partial charge >= 0.3 is 0 Å². The number of hydrazine groups is 1. The minimum Gasteiger partial charge on any atom is -0.295 e. The van der Waals surface area contributed by atoms with Crippen LogP contribution in [0.15, 0.2) is 0 Å². The monoisotopic (exact) mass is 113 g/mol. The smallest absolute Gasteiger partial charge is 0.230 e. The van der Waals surface area contributed by atoms with Crippen LogP contribution >= 0.6 is 0 Å². The predicted octanol–water partition coefficient (Wildman–Crippen LogP) is -1.38. The SMILES string of the molecule is CC(=O)NN.[K]. The Bertz CT molecular complexity index is 46.8. The second-order valence-electron chi connectivity index (χ2n) is 0.701. The summed E-state index contributed by atoms with van der Waals surface area (Å²) in [4.78, 5) is 9.58. The van der Waals surface area contributed by atoms with Crippen LogP contribution in [0.5, 0.6) is 0 Å². The average Bonchev–Trinajstić information content (AvgIpc) is 1.38. The third-order valence-electron chi connectivity index (χ3n) is 0.203. The summed E-state index contributed by atoms with van der Waals surface area (Å²) in [7, 11) is 0. The van der Waals surface area contributed by atoms with Crippen molar-refractivity contribution < 1.29 is 4.79 Å². The zero-order valence-corrected chi connectivity index (χ0v) is 7.11. The molecule has 0 rings (SSSR count). The molecule has 0 aliphatic heterocycles. The van der Waals surface area contributed by atoms with Gasteiger partial charge in [0.05, 0.1) is 0 Å². The van der Waals surface area contributed by atoms with E-state index in [0.29, 0.717) is 0 Å². The first-order valence-corrected chi connectivity index (χ1v) is 1.24. The summed E-state index contributed by atoms with van der Waals surface area (Å²) in [5.41, 5.74) is 1.89. The van der Waals surface area contributed by atoms with Crippen LogP contribution in [0, 0.1) is 0 Å². The Balaban J connectivity index is 0. The second-order valence-corrected chi connectivity index (χ2v) is 0.701. The maximum Gasteiger partial charge on any atom is 0.230 e. The number of carbonyl (C=O) groups is 1. The fourth-order valence-corrected chi connectivity index (χ4v) is 0. The fourth-order valence-electron chi connectivity index (χ4n) is 0. The van der Waals surface area contributed by atoms with Gasteiger partial charge in [0.15, 0.2) is 0 Å². The molecule has 0 spiro atoms. The standard InChI is InChI=1S/C2H6N2O.K/c1-2(5)4-3;/h3H2,1H3,(H,4,5);. The summed E-state index contributed by atoms with van der Waals surface area (Å²) < 4.78 is 0. The van der Waals surface area contributed by atoms with Crippen molar-refractivity contribution in [2.45, 2.75) is 6.92 Å². The summed E-state index contributed by atoms with van der Waals surface area (Å²) in [6, 6.07) is 0. The van der Waals surface area contributed by atoms with E-state index in [1.54, 1.807) is 0 Å². The molecule has 3 nitrogen and oxygen atoms in total. The molecule has 0 saturated carbocycles. The molecule has 0 aliphatic rings. The molecule has 0 aliphatic carbocycles. The summed E-state index contributed by atoms with van der Waals surface area (Å²) in [5, 5.41) is 0. The zero-order chi connectivity index (χ0) is 4.28. The fraction of sp³-hybridized carbons (Fsp3) is 0.500. The van der Waals surface area contributed by atoms with Crippen molar-refractivity contribution in [2.75, 3.05) is 0 Å². The molecule has 0 unspecified atom stereocenters. The van der Waals surface area contributed by atoms with Gasteiger partial charge in [-0.3, -0.25) is 10.2 Å². The van der Waals surface area contributed by atoms with E-state index in [9.17, 15) is 4.79 Å². The third-order valence-corrected chi connectivity index (χ3v) is 0.203. The molecule has 1 amide bonds. The van der Waals surface area contributed by atoms with Crippen LogP contribution in [0.25, 0.3) is 0 Å². The van der Waals surface area contributed by atoms with Crippen LogP contribution < -0.4 is 11.3 Å². The molecule has 0 heterocycles. The normalized spacial score (nSPS) is 5.67. The molecule has 1 radical (unpaired) electrons. The van der Waals surface area contributed by atoms with E-state index in [-0.39, 0.29) is 57.3 Å². The minimum absolute atomic E-state index is 0. The number of hydrogen-bond acceptors (Lipinski definition) is 2. The van der Waals surface area contributed by atoms with Crippen LogP contribution in [0.1, 0.15) is 6.92 Å². The Morgan fingerprint density at radius 3 is 2.00 bits per heavy atom. The van der Waals surface area contributed by atoms with Gasteiger partial charge in [0.25, 0.3) is 0 Å². The molecule has 0 aromatic carbocycles. The van der Waals surface area contributed by atoms with Gasteiger partial charge < -0.3 is 0 Å². The summed E-state index contributed by atoms with van der Waals surface area (Å²) >= 11 is 0. The van der Waals surface area contributed by atoms with E-state index in [2.05, 4.69) is 5.84 Å². The van der Waals surface area contributed by atoms with Gasteiger partial charge in [-0.2, -0.15) is 0 Å². The summed E-state index contributed by atoms with van der Waals surface area (Å²) in [6.07, 6.45) is 0. The van der Waals surface area contributed by atoms with E-state index in [0.717, 1.165) is 0 Å². The molecule has 0 bridgehead atoms. The molecule has 3 N–H and O–H groups in total. The predicted molar refractivity (Wildman–Crippen MR) is 23.8 cm³/mol. The topological polar surface area (TPSA) is 55.1 Å². The maximum atomic E-state index is 9.58. The molecular weight excluding hydrogens is 107 g/mol. The first kappa shape index (κ1) is 10.1. The Kier molecular flexibility index (Phi) is 10.2. The summed E-state index contributed by atoms with van der Waals surface area (Å²) in [6.45, 7) is 1.35. The Hall–Kier alpha value is 1.07. The van der Waals surface area contributed by atoms with Crippen LogP contribution in [0.3, 0.4) is 0 Å². The van der Waals surface area contributed by atoms with E-state index in [4.69, 9.17) is 0 Å². The van der Waals surface area contributed by atoms with Gasteiger partial charge in [0.2, 0.25) is 5.91 Å². The van der Waals surface area contributed by atoms with Crippen molar-refractivity contribution in [1.82, 2.24) is 5.43 Å². The van der Waals surface area contributed by atoms with Crippen molar-refractivity contribution in [2.24, 2.45) is 5.84 Å². The van der Waals surface area contributed by atoms with E-state index >= 15 is 0 Å². The molecule has 6 heavy (non-hydrogen) atoms. The van der Waals surface area contributed by atoms with Crippen LogP contribution in [0.2, 0.25) is 0 Å². The average molecular weight is 113 g/mol. The molecular formula is C2H6KN2O. The van der Waals surface area contributed by atoms with E-state index in [1.807, 2.05) is 5.43 Å². The van der Waals surface area contributed by atoms with Gasteiger partial charge in [-0.25, -0.2) is 5.84 Å². The van der Waals surface area contributed by atoms with Gasteiger partial charge in [0, 0.05) is 58.3 Å². The molecule has 0 atom stereocenters. The van der Waals surface area contributed by atoms with Gasteiger partial charge in [-0.15, -0.1) is 0 Å². The van der Waals surface area contributed by atoms with Crippen LogP contribution in [-0.2, 0) is 4.79 Å². The van der Waals surface area contributed by atoms with Crippen molar-refractivity contribution in [3.05, 3.63) is 0 Å². The van der Waals surface area contributed by atoms with E-state index < -0.39 is 0 Å². The number of hydrogen-bond donors (Lipinski definition) is 2. The Morgan fingerprint density at radius 1 is 1.83 bits per heavy atom. The summed E-state index contributed by atoms with van der Waals surface area (Å²) in [5.74, 6) is 4.35. The minimum atomic E-state index is -0.218. The maximum absolute atomic E-state index is 9.58. The number of amides is 1. The van der Waals surface area contributed by atoms with Crippen molar-refractivity contribution in [3.63, 3.8) is 0 Å². The molecule has 0 saturated heterocycles. The first-order valence-electron chi connectivity index (χ1n) is 1.24. The molecule has 31 valence electrons. The first-order chi connectivity index (χ1) is 2.27. The number of nitrogens with one attached hydrogen (secondary N) is 1. The molecule has 0 aromatic rings. The van der Waals surface area contributed by atoms with Gasteiger partial charge in [-0.05, 0) is 0 Å². The molecule has 0 aromatic heterocycles. The molecule has 0 fully saturated rings. The Labute approximate surface area is 79.0 Å². The zero-order valence-electron chi connectivity index (χ0n) is 3.99. The third kappa shape index (κ3) is 8.91. The van der Waals surface area contributed by atoms with E-state index in [1.165, 1.54) is 6.92 Å². The number of nitrogens with two attached hydrogens (primary N) is 1. The second kappa shape index (κ2) is 6.07. The Morgan fingerprint density at radius 2 is 2.00 bits per heavy atom. The van der Waals surface area contributed by atoms with Crippen LogP contribution in [0.4, 0.5) is 0 Å². The van der Waals surface area contributed by atoms with Crippen molar-refractivity contribution in [3.8, 4) is 0 Å². The quantitative estimate of drug-likeness (QED) is 0.176. The van der Waals surface area contributed by atoms with Crippen LogP contribution in [-0.4, -0.2) is 57.3 Å². The number of carbonyl (C=O) groups excluding carboxylic acids is 1. The van der Waals surface area contributed by atoms with Crippen molar-refractivity contribution >= 4 is 57.3 Å².